The number of para-hydroxylation sites is 2. The highest BCUT2D eigenvalue weighted by Gasteiger charge is 2.14. The minimum absolute atomic E-state index is 0.228. The molecule has 0 aliphatic heterocycles. The van der Waals surface area contributed by atoms with Crippen LogP contribution < -0.4 is 5.32 Å². The maximum absolute atomic E-state index is 4.75. The molecule has 0 amide bonds. The van der Waals surface area contributed by atoms with E-state index in [1.165, 1.54) is 16.1 Å². The molecule has 0 saturated heterocycles. The van der Waals surface area contributed by atoms with Gasteiger partial charge in [-0.2, -0.15) is 0 Å². The van der Waals surface area contributed by atoms with E-state index in [1.54, 1.807) is 11.3 Å². The minimum atomic E-state index is 0.228. The molecule has 3 aromatic rings. The standard InChI is InChI=1S/C17H22N4S/c1-11-16(22-13(3)19-11)9-10-18-12(2)17-20-14-7-5-6-8-15(14)21(17)4/h5-8,12,18H,9-10H2,1-4H3. The number of nitrogens with zero attached hydrogens (tertiary/aromatic N) is 3. The zero-order valence-corrected chi connectivity index (χ0v) is 14.4. The van der Waals surface area contributed by atoms with Gasteiger partial charge in [0.25, 0.3) is 0 Å². The smallest absolute Gasteiger partial charge is 0.126 e. The van der Waals surface area contributed by atoms with E-state index >= 15 is 0 Å². The quantitative estimate of drug-likeness (QED) is 0.783. The Kier molecular flexibility index (Phi) is 4.27. The molecule has 0 spiro atoms. The average molecular weight is 314 g/mol. The van der Waals surface area contributed by atoms with Crippen molar-refractivity contribution in [1.29, 1.82) is 0 Å². The summed E-state index contributed by atoms with van der Waals surface area (Å²) in [7, 11) is 2.08. The van der Waals surface area contributed by atoms with Crippen LogP contribution in [0.2, 0.25) is 0 Å². The highest BCUT2D eigenvalue weighted by Crippen LogP contribution is 2.20. The first-order valence-electron chi connectivity index (χ1n) is 7.64. The number of hydrogen-bond donors (Lipinski definition) is 1. The number of imidazole rings is 1. The molecular formula is C17H22N4S. The largest absolute Gasteiger partial charge is 0.330 e. The number of nitrogens with one attached hydrogen (secondary N) is 1. The molecule has 1 aromatic carbocycles. The molecule has 0 aliphatic carbocycles. The second kappa shape index (κ2) is 6.18. The summed E-state index contributed by atoms with van der Waals surface area (Å²) >= 11 is 1.80. The minimum Gasteiger partial charge on any atom is -0.330 e. The van der Waals surface area contributed by atoms with Crippen LogP contribution >= 0.6 is 11.3 Å². The molecule has 2 aromatic heterocycles. The van der Waals surface area contributed by atoms with Gasteiger partial charge in [-0.25, -0.2) is 9.97 Å². The van der Waals surface area contributed by atoms with Crippen molar-refractivity contribution in [1.82, 2.24) is 19.9 Å². The van der Waals surface area contributed by atoms with Crippen LogP contribution in [0.4, 0.5) is 0 Å². The van der Waals surface area contributed by atoms with Crippen LogP contribution in [0.1, 0.15) is 34.4 Å². The van der Waals surface area contributed by atoms with E-state index in [1.807, 2.05) is 6.07 Å². The Morgan fingerprint density at radius 1 is 1.23 bits per heavy atom. The Hall–Kier alpha value is -1.72. The lowest BCUT2D eigenvalue weighted by Crippen LogP contribution is -2.23. The van der Waals surface area contributed by atoms with Crippen molar-refractivity contribution < 1.29 is 0 Å². The molecule has 0 aliphatic rings. The van der Waals surface area contributed by atoms with E-state index in [0.29, 0.717) is 0 Å². The van der Waals surface area contributed by atoms with Crippen molar-refractivity contribution in [3.63, 3.8) is 0 Å². The van der Waals surface area contributed by atoms with E-state index in [2.05, 4.69) is 60.9 Å². The summed E-state index contributed by atoms with van der Waals surface area (Å²) in [6.45, 7) is 7.27. The van der Waals surface area contributed by atoms with Gasteiger partial charge < -0.3 is 9.88 Å². The SMILES string of the molecule is Cc1nc(C)c(CCNC(C)c2nc3ccccc3n2C)s1. The summed E-state index contributed by atoms with van der Waals surface area (Å²) < 4.78 is 2.18. The Bertz CT molecular complexity index is 787. The van der Waals surface area contributed by atoms with Crippen molar-refractivity contribution in [2.24, 2.45) is 7.05 Å². The lowest BCUT2D eigenvalue weighted by atomic mass is 10.2. The fraction of sp³-hybridized carbons (Fsp3) is 0.412. The van der Waals surface area contributed by atoms with Gasteiger partial charge in [0.15, 0.2) is 0 Å². The van der Waals surface area contributed by atoms with Crippen molar-refractivity contribution in [3.8, 4) is 0 Å². The molecule has 1 unspecified atom stereocenters. The van der Waals surface area contributed by atoms with Gasteiger partial charge in [0.05, 0.1) is 27.8 Å². The summed E-state index contributed by atoms with van der Waals surface area (Å²) in [6, 6.07) is 8.50. The Labute approximate surface area is 135 Å². The normalized spacial score (nSPS) is 12.9. The first-order chi connectivity index (χ1) is 10.6. The third kappa shape index (κ3) is 2.91. The second-order valence-corrected chi connectivity index (χ2v) is 6.97. The molecule has 0 saturated carbocycles. The fourth-order valence-electron chi connectivity index (χ4n) is 2.85. The second-order valence-electron chi connectivity index (χ2n) is 5.69. The Morgan fingerprint density at radius 3 is 2.68 bits per heavy atom. The van der Waals surface area contributed by atoms with Crippen LogP contribution in [-0.2, 0) is 13.5 Å². The van der Waals surface area contributed by atoms with Crippen LogP contribution in [-0.4, -0.2) is 21.1 Å². The van der Waals surface area contributed by atoms with Gasteiger partial charge in [0.2, 0.25) is 0 Å². The number of aromatic nitrogens is 3. The number of rotatable bonds is 5. The highest BCUT2D eigenvalue weighted by atomic mass is 32.1. The fourth-order valence-corrected chi connectivity index (χ4v) is 3.79. The van der Waals surface area contributed by atoms with Gasteiger partial charge in [-0.1, -0.05) is 12.1 Å². The van der Waals surface area contributed by atoms with E-state index in [0.717, 1.165) is 29.3 Å². The summed E-state index contributed by atoms with van der Waals surface area (Å²) in [5.41, 5.74) is 3.40. The van der Waals surface area contributed by atoms with Gasteiger partial charge in [0, 0.05) is 18.5 Å². The predicted molar refractivity (Wildman–Crippen MR) is 92.4 cm³/mol. The van der Waals surface area contributed by atoms with E-state index in [4.69, 9.17) is 4.98 Å². The zero-order valence-electron chi connectivity index (χ0n) is 13.6. The third-order valence-corrected chi connectivity index (χ3v) is 5.14. The molecule has 0 radical (unpaired) electrons. The molecule has 2 heterocycles. The average Bonchev–Trinajstić information content (AvgIpc) is 2.99. The van der Waals surface area contributed by atoms with Crippen molar-refractivity contribution >= 4 is 22.4 Å². The zero-order chi connectivity index (χ0) is 15.7. The Morgan fingerprint density at radius 2 is 2.00 bits per heavy atom. The van der Waals surface area contributed by atoms with Crippen molar-refractivity contribution in [3.05, 3.63) is 45.7 Å². The van der Waals surface area contributed by atoms with E-state index in [9.17, 15) is 0 Å². The molecule has 1 atom stereocenters. The molecule has 4 nitrogen and oxygen atoms in total. The molecule has 22 heavy (non-hydrogen) atoms. The highest BCUT2D eigenvalue weighted by molar-refractivity contribution is 7.11. The summed E-state index contributed by atoms with van der Waals surface area (Å²) in [4.78, 5) is 10.6. The lowest BCUT2D eigenvalue weighted by molar-refractivity contribution is 0.537. The lowest BCUT2D eigenvalue weighted by Gasteiger charge is -2.13. The maximum atomic E-state index is 4.75. The van der Waals surface area contributed by atoms with Crippen LogP contribution in [0.15, 0.2) is 24.3 Å². The summed E-state index contributed by atoms with van der Waals surface area (Å²) in [5, 5.41) is 4.73. The Balaban J connectivity index is 1.67. The maximum Gasteiger partial charge on any atom is 0.126 e. The van der Waals surface area contributed by atoms with Crippen LogP contribution in [0.5, 0.6) is 0 Å². The van der Waals surface area contributed by atoms with E-state index in [-0.39, 0.29) is 6.04 Å². The van der Waals surface area contributed by atoms with Crippen LogP contribution in [0.3, 0.4) is 0 Å². The van der Waals surface area contributed by atoms with Gasteiger partial charge >= 0.3 is 0 Å². The predicted octanol–water partition coefficient (Wildman–Crippen LogP) is 3.54. The number of fused-ring (bicyclic) bond motifs is 1. The molecule has 0 bridgehead atoms. The third-order valence-electron chi connectivity index (χ3n) is 4.01. The van der Waals surface area contributed by atoms with E-state index < -0.39 is 0 Å². The molecule has 3 rings (SSSR count). The summed E-state index contributed by atoms with van der Waals surface area (Å²) in [5.74, 6) is 1.08. The van der Waals surface area contributed by atoms with Crippen LogP contribution in [0.25, 0.3) is 11.0 Å². The molecule has 5 heteroatoms. The molecular weight excluding hydrogens is 292 g/mol. The van der Waals surface area contributed by atoms with Crippen molar-refractivity contribution in [2.45, 2.75) is 33.2 Å². The van der Waals surface area contributed by atoms with Crippen LogP contribution in [0, 0.1) is 13.8 Å². The molecule has 0 fully saturated rings. The monoisotopic (exact) mass is 314 g/mol. The number of hydrogen-bond acceptors (Lipinski definition) is 4. The first-order valence-corrected chi connectivity index (χ1v) is 8.45. The first kappa shape index (κ1) is 15.2. The van der Waals surface area contributed by atoms with Gasteiger partial charge in [0.1, 0.15) is 5.82 Å². The van der Waals surface area contributed by atoms with Gasteiger partial charge in [-0.15, -0.1) is 11.3 Å². The van der Waals surface area contributed by atoms with Gasteiger partial charge in [-0.3, -0.25) is 0 Å². The topological polar surface area (TPSA) is 42.7 Å². The number of aryl methyl sites for hydroxylation is 3. The molecule has 1 N–H and O–H groups in total. The number of thiazole rings is 1. The van der Waals surface area contributed by atoms with Gasteiger partial charge in [-0.05, 0) is 39.3 Å². The molecule has 116 valence electrons. The number of benzene rings is 1. The van der Waals surface area contributed by atoms with Crippen molar-refractivity contribution in [2.75, 3.05) is 6.54 Å². The summed E-state index contributed by atoms with van der Waals surface area (Å²) in [6.07, 6.45) is 1.02.